The zero-order valence-corrected chi connectivity index (χ0v) is 14.0. The molecule has 6 heteroatoms. The van der Waals surface area contributed by atoms with Crippen molar-refractivity contribution in [3.05, 3.63) is 51.1 Å². The molecule has 1 amide bonds. The number of hydrogen-bond acceptors (Lipinski definition) is 3. The smallest absolute Gasteiger partial charge is 0.255 e. The lowest BCUT2D eigenvalue weighted by atomic mass is 10.2. The number of benzene rings is 1. The summed E-state index contributed by atoms with van der Waals surface area (Å²) in [6.07, 6.45) is 0. The van der Waals surface area contributed by atoms with E-state index in [0.717, 1.165) is 16.7 Å². The van der Waals surface area contributed by atoms with Crippen molar-refractivity contribution in [3.63, 3.8) is 0 Å². The number of rotatable bonds is 4. The second kappa shape index (κ2) is 6.91. The zero-order valence-electron chi connectivity index (χ0n) is 11.7. The summed E-state index contributed by atoms with van der Waals surface area (Å²) in [5.74, 6) is 0.482. The van der Waals surface area contributed by atoms with Crippen molar-refractivity contribution in [2.45, 2.75) is 13.8 Å². The van der Waals surface area contributed by atoms with Gasteiger partial charge in [0.2, 0.25) is 0 Å². The van der Waals surface area contributed by atoms with E-state index >= 15 is 0 Å². The minimum Gasteiger partial charge on any atom is -0.370 e. The van der Waals surface area contributed by atoms with Crippen molar-refractivity contribution in [3.8, 4) is 0 Å². The normalized spacial score (nSPS) is 10.3. The molecule has 0 fully saturated rings. The molecule has 0 aliphatic carbocycles. The van der Waals surface area contributed by atoms with Crippen molar-refractivity contribution >= 4 is 44.9 Å². The van der Waals surface area contributed by atoms with Gasteiger partial charge in [-0.25, -0.2) is 4.98 Å². The molecular weight excluding hydrogens is 354 g/mol. The molecule has 0 saturated carbocycles. The second-order valence-electron chi connectivity index (χ2n) is 4.49. The molecule has 2 rings (SSSR count). The van der Waals surface area contributed by atoms with E-state index in [1.165, 1.54) is 0 Å². The molecule has 110 valence electrons. The first-order valence-electron chi connectivity index (χ1n) is 6.48. The molecule has 1 heterocycles. The molecular formula is C15H15BrClN3O. The highest BCUT2D eigenvalue weighted by Gasteiger charge is 2.11. The fourth-order valence-corrected chi connectivity index (χ4v) is 2.38. The molecule has 21 heavy (non-hydrogen) atoms. The van der Waals surface area contributed by atoms with E-state index in [2.05, 4.69) is 31.5 Å². The first-order valence-corrected chi connectivity index (χ1v) is 7.65. The molecule has 2 N–H and O–H groups in total. The first kappa shape index (κ1) is 15.8. The van der Waals surface area contributed by atoms with Crippen molar-refractivity contribution in [2.75, 3.05) is 17.2 Å². The minimum absolute atomic E-state index is 0.206. The van der Waals surface area contributed by atoms with Crippen LogP contribution in [0, 0.1) is 6.92 Å². The Bertz CT molecular complexity index is 676. The maximum atomic E-state index is 12.4. The average molecular weight is 369 g/mol. The van der Waals surface area contributed by atoms with E-state index in [0.29, 0.717) is 22.1 Å². The molecule has 0 bridgehead atoms. The summed E-state index contributed by atoms with van der Waals surface area (Å²) in [4.78, 5) is 16.7. The first-order chi connectivity index (χ1) is 9.99. The Hall–Kier alpha value is -1.59. The number of aromatic nitrogens is 1. The molecule has 0 aliphatic rings. The molecule has 0 saturated heterocycles. The standard InChI is InChI=1S/C15H15BrClN3O/c1-3-18-14-7-10(6-9(2)19-14)15(21)20-13-8-11(17)4-5-12(13)16/h4-8H,3H2,1-2H3,(H,18,19)(H,20,21). The Balaban J connectivity index is 2.25. The summed E-state index contributed by atoms with van der Waals surface area (Å²) in [7, 11) is 0. The highest BCUT2D eigenvalue weighted by molar-refractivity contribution is 9.10. The minimum atomic E-state index is -0.206. The molecule has 1 aromatic carbocycles. The number of nitrogens with zero attached hydrogens (tertiary/aromatic N) is 1. The average Bonchev–Trinajstić information content (AvgIpc) is 2.42. The van der Waals surface area contributed by atoms with Gasteiger partial charge in [-0.1, -0.05) is 11.6 Å². The third-order valence-electron chi connectivity index (χ3n) is 2.75. The maximum absolute atomic E-state index is 12.4. The number of amides is 1. The van der Waals surface area contributed by atoms with Crippen molar-refractivity contribution < 1.29 is 4.79 Å². The van der Waals surface area contributed by atoms with Gasteiger partial charge in [-0.15, -0.1) is 0 Å². The van der Waals surface area contributed by atoms with Crippen LogP contribution in [0.15, 0.2) is 34.8 Å². The van der Waals surface area contributed by atoms with Crippen LogP contribution in [0.3, 0.4) is 0 Å². The third kappa shape index (κ3) is 4.19. The lowest BCUT2D eigenvalue weighted by Crippen LogP contribution is -2.14. The molecule has 0 unspecified atom stereocenters. The SMILES string of the molecule is CCNc1cc(C(=O)Nc2cc(Cl)ccc2Br)cc(C)n1. The summed E-state index contributed by atoms with van der Waals surface area (Å²) in [5, 5.41) is 6.51. The molecule has 0 radical (unpaired) electrons. The fourth-order valence-electron chi connectivity index (χ4n) is 1.86. The van der Waals surface area contributed by atoms with Gasteiger partial charge in [-0.05, 0) is 60.1 Å². The Morgan fingerprint density at radius 3 is 2.81 bits per heavy atom. The Kier molecular flexibility index (Phi) is 5.20. The Labute approximate surface area is 137 Å². The summed E-state index contributed by atoms with van der Waals surface area (Å²) in [6, 6.07) is 8.71. The summed E-state index contributed by atoms with van der Waals surface area (Å²) in [6.45, 7) is 4.58. The summed E-state index contributed by atoms with van der Waals surface area (Å²) >= 11 is 9.33. The predicted octanol–water partition coefficient (Wildman–Crippen LogP) is 4.49. The van der Waals surface area contributed by atoms with Crippen molar-refractivity contribution in [2.24, 2.45) is 0 Å². The number of aryl methyl sites for hydroxylation is 1. The number of nitrogens with one attached hydrogen (secondary N) is 2. The highest BCUT2D eigenvalue weighted by Crippen LogP contribution is 2.26. The summed E-state index contributed by atoms with van der Waals surface area (Å²) in [5.41, 5.74) is 1.96. The van der Waals surface area contributed by atoms with Crippen LogP contribution in [0.1, 0.15) is 23.0 Å². The Morgan fingerprint density at radius 2 is 2.10 bits per heavy atom. The van der Waals surface area contributed by atoms with Gasteiger partial charge < -0.3 is 10.6 Å². The van der Waals surface area contributed by atoms with Gasteiger partial charge in [-0.2, -0.15) is 0 Å². The van der Waals surface area contributed by atoms with Crippen LogP contribution in [0.25, 0.3) is 0 Å². The second-order valence-corrected chi connectivity index (χ2v) is 5.78. The number of carbonyl (C=O) groups is 1. The van der Waals surface area contributed by atoms with Crippen LogP contribution >= 0.6 is 27.5 Å². The van der Waals surface area contributed by atoms with Gasteiger partial charge >= 0.3 is 0 Å². The van der Waals surface area contributed by atoms with E-state index in [1.807, 2.05) is 13.8 Å². The third-order valence-corrected chi connectivity index (χ3v) is 3.68. The molecule has 0 spiro atoms. The van der Waals surface area contributed by atoms with Crippen LogP contribution in [0.5, 0.6) is 0 Å². The molecule has 1 aromatic heterocycles. The largest absolute Gasteiger partial charge is 0.370 e. The number of carbonyl (C=O) groups excluding carboxylic acids is 1. The van der Waals surface area contributed by atoms with Crippen LogP contribution in [-0.2, 0) is 0 Å². The predicted molar refractivity (Wildman–Crippen MR) is 90.2 cm³/mol. The van der Waals surface area contributed by atoms with Gasteiger partial charge in [-0.3, -0.25) is 4.79 Å². The monoisotopic (exact) mass is 367 g/mol. The zero-order chi connectivity index (χ0) is 15.4. The number of halogens is 2. The van der Waals surface area contributed by atoms with Crippen molar-refractivity contribution in [1.82, 2.24) is 4.98 Å². The van der Waals surface area contributed by atoms with Gasteiger partial charge in [0.1, 0.15) is 5.82 Å². The maximum Gasteiger partial charge on any atom is 0.255 e. The van der Waals surface area contributed by atoms with Gasteiger partial charge in [0.15, 0.2) is 0 Å². The van der Waals surface area contributed by atoms with E-state index in [1.54, 1.807) is 30.3 Å². The highest BCUT2D eigenvalue weighted by atomic mass is 79.9. The van der Waals surface area contributed by atoms with E-state index in [-0.39, 0.29) is 5.91 Å². The number of hydrogen-bond donors (Lipinski definition) is 2. The van der Waals surface area contributed by atoms with Gasteiger partial charge in [0.05, 0.1) is 5.69 Å². The van der Waals surface area contributed by atoms with Crippen LogP contribution in [-0.4, -0.2) is 17.4 Å². The van der Waals surface area contributed by atoms with Gasteiger partial charge in [0, 0.05) is 27.3 Å². The molecule has 2 aromatic rings. The lowest BCUT2D eigenvalue weighted by molar-refractivity contribution is 0.102. The summed E-state index contributed by atoms with van der Waals surface area (Å²) < 4.78 is 0.776. The lowest BCUT2D eigenvalue weighted by Gasteiger charge is -2.10. The molecule has 4 nitrogen and oxygen atoms in total. The van der Waals surface area contributed by atoms with Crippen LogP contribution in [0.2, 0.25) is 5.02 Å². The van der Waals surface area contributed by atoms with Crippen LogP contribution < -0.4 is 10.6 Å². The van der Waals surface area contributed by atoms with Crippen LogP contribution in [0.4, 0.5) is 11.5 Å². The number of pyridine rings is 1. The number of anilines is 2. The molecule has 0 aliphatic heterocycles. The fraction of sp³-hybridized carbons (Fsp3) is 0.200. The van der Waals surface area contributed by atoms with Crippen molar-refractivity contribution in [1.29, 1.82) is 0 Å². The quantitative estimate of drug-likeness (QED) is 0.836. The molecule has 0 atom stereocenters. The van der Waals surface area contributed by atoms with E-state index in [9.17, 15) is 4.79 Å². The van der Waals surface area contributed by atoms with E-state index < -0.39 is 0 Å². The Morgan fingerprint density at radius 1 is 1.33 bits per heavy atom. The van der Waals surface area contributed by atoms with E-state index in [4.69, 9.17) is 11.6 Å². The van der Waals surface area contributed by atoms with Gasteiger partial charge in [0.25, 0.3) is 5.91 Å². The topological polar surface area (TPSA) is 54.0 Å².